The highest BCUT2D eigenvalue weighted by atomic mass is 16.7. The molecule has 9 heteroatoms. The van der Waals surface area contributed by atoms with Crippen LogP contribution < -0.4 is 0 Å². The molecule has 0 saturated carbocycles. The van der Waals surface area contributed by atoms with Gasteiger partial charge in [-0.1, -0.05) is 132 Å². The molecular formula is C45H76O9. The quantitative estimate of drug-likeness (QED) is 0.0288. The lowest BCUT2D eigenvalue weighted by Gasteiger charge is -2.39. The lowest BCUT2D eigenvalue weighted by molar-refractivity contribution is -0.305. The van der Waals surface area contributed by atoms with E-state index in [1.807, 2.05) is 0 Å². The van der Waals surface area contributed by atoms with Crippen molar-refractivity contribution in [3.8, 4) is 0 Å². The van der Waals surface area contributed by atoms with Gasteiger partial charge in [0.05, 0.1) is 19.8 Å². The highest BCUT2D eigenvalue weighted by molar-refractivity contribution is 5.69. The van der Waals surface area contributed by atoms with Gasteiger partial charge in [-0.05, 0) is 77.0 Å². The first kappa shape index (κ1) is 49.6. The van der Waals surface area contributed by atoms with Crippen LogP contribution >= 0.6 is 0 Å². The standard InChI is InChI=1S/C45H76O9/c1-3-5-7-9-11-13-15-17-18-19-20-21-22-23-24-26-28-30-32-34-41(47)53-39(38-52-45-44(50)43(49)42(48)40(36-46)54-45)37-51-35-33-31-29-27-25-16-14-12-10-8-6-4-2/h5,7,10-13,17-18,20-21,23-24,39-40,42-46,48-50H,3-4,6,8-9,14-16,19,22,25-38H2,1-2H3/b7-5-,12-10-,13-11-,18-17-,21-20-,24-23-. The highest BCUT2D eigenvalue weighted by Gasteiger charge is 2.44. The van der Waals surface area contributed by atoms with Gasteiger partial charge in [0.2, 0.25) is 0 Å². The van der Waals surface area contributed by atoms with E-state index in [0.717, 1.165) is 77.0 Å². The number of rotatable bonds is 34. The van der Waals surface area contributed by atoms with Crippen LogP contribution in [-0.4, -0.2) is 89.6 Å². The predicted octanol–water partition coefficient (Wildman–Crippen LogP) is 8.91. The SMILES string of the molecule is CC/C=C\C/C=C\C/C=C\C/C=C\C/C=C\CCCCCC(=O)OC(COCCCCCCCC/C=C\CCCC)COC1OC(CO)C(O)C(O)C1O. The van der Waals surface area contributed by atoms with Gasteiger partial charge in [0.15, 0.2) is 6.29 Å². The molecule has 0 bridgehead atoms. The van der Waals surface area contributed by atoms with E-state index >= 15 is 0 Å². The van der Waals surface area contributed by atoms with Crippen molar-refractivity contribution in [1.29, 1.82) is 0 Å². The van der Waals surface area contributed by atoms with Gasteiger partial charge in [-0.3, -0.25) is 4.79 Å². The second-order valence-corrected chi connectivity index (χ2v) is 14.0. The maximum Gasteiger partial charge on any atom is 0.306 e. The summed E-state index contributed by atoms with van der Waals surface area (Å²) in [5.41, 5.74) is 0. The molecule has 1 fully saturated rings. The number of aliphatic hydroxyl groups is 4. The lowest BCUT2D eigenvalue weighted by atomic mass is 9.99. The normalized spacial score (nSPS) is 21.6. The first-order valence-electron chi connectivity index (χ1n) is 21.0. The minimum absolute atomic E-state index is 0.123. The molecule has 0 aliphatic carbocycles. The maximum atomic E-state index is 12.7. The van der Waals surface area contributed by atoms with Crippen LogP contribution in [0.1, 0.15) is 142 Å². The van der Waals surface area contributed by atoms with Crippen molar-refractivity contribution in [1.82, 2.24) is 0 Å². The minimum atomic E-state index is -1.55. The number of aliphatic hydroxyl groups excluding tert-OH is 4. The molecule has 310 valence electrons. The Morgan fingerprint density at radius 3 is 1.72 bits per heavy atom. The third-order valence-corrected chi connectivity index (χ3v) is 9.11. The zero-order valence-corrected chi connectivity index (χ0v) is 33.7. The van der Waals surface area contributed by atoms with Gasteiger partial charge in [0.1, 0.15) is 30.5 Å². The van der Waals surface area contributed by atoms with Crippen molar-refractivity contribution in [3.05, 3.63) is 72.9 Å². The van der Waals surface area contributed by atoms with Crippen molar-refractivity contribution in [2.75, 3.05) is 26.4 Å². The van der Waals surface area contributed by atoms with Gasteiger partial charge >= 0.3 is 5.97 Å². The van der Waals surface area contributed by atoms with Crippen molar-refractivity contribution >= 4 is 5.97 Å². The van der Waals surface area contributed by atoms with E-state index in [9.17, 15) is 25.2 Å². The highest BCUT2D eigenvalue weighted by Crippen LogP contribution is 2.22. The summed E-state index contributed by atoms with van der Waals surface area (Å²) in [5, 5.41) is 40.0. The predicted molar refractivity (Wildman–Crippen MR) is 219 cm³/mol. The second-order valence-electron chi connectivity index (χ2n) is 14.0. The molecule has 9 nitrogen and oxygen atoms in total. The summed E-state index contributed by atoms with van der Waals surface area (Å²) in [5.74, 6) is -0.351. The number of esters is 1. The summed E-state index contributed by atoms with van der Waals surface area (Å²) in [6.45, 7) is 4.33. The van der Waals surface area contributed by atoms with Crippen molar-refractivity contribution in [2.24, 2.45) is 0 Å². The van der Waals surface area contributed by atoms with E-state index < -0.39 is 43.4 Å². The van der Waals surface area contributed by atoms with E-state index in [-0.39, 0.29) is 25.6 Å². The van der Waals surface area contributed by atoms with Gasteiger partial charge < -0.3 is 39.4 Å². The number of ether oxygens (including phenoxy) is 4. The molecule has 54 heavy (non-hydrogen) atoms. The van der Waals surface area contributed by atoms with Crippen LogP contribution in [-0.2, 0) is 23.7 Å². The number of hydrogen-bond acceptors (Lipinski definition) is 9. The van der Waals surface area contributed by atoms with Crippen LogP contribution in [0.3, 0.4) is 0 Å². The molecule has 0 aromatic heterocycles. The van der Waals surface area contributed by atoms with Crippen molar-refractivity contribution < 1.29 is 44.2 Å². The van der Waals surface area contributed by atoms with E-state index in [0.29, 0.717) is 13.0 Å². The van der Waals surface area contributed by atoms with Crippen LogP contribution in [0.5, 0.6) is 0 Å². The van der Waals surface area contributed by atoms with Crippen molar-refractivity contribution in [2.45, 2.75) is 179 Å². The van der Waals surface area contributed by atoms with Crippen molar-refractivity contribution in [3.63, 3.8) is 0 Å². The molecule has 1 aliphatic heterocycles. The molecule has 4 N–H and O–H groups in total. The number of hydrogen-bond donors (Lipinski definition) is 4. The Balaban J connectivity index is 2.33. The number of unbranched alkanes of at least 4 members (excludes halogenated alkanes) is 11. The number of carbonyl (C=O) groups excluding carboxylic acids is 1. The fraction of sp³-hybridized carbons (Fsp3) is 0.711. The van der Waals surface area contributed by atoms with Gasteiger partial charge in [0, 0.05) is 13.0 Å². The Labute approximate surface area is 327 Å². The van der Waals surface area contributed by atoms with Crippen LogP contribution in [0, 0.1) is 0 Å². The summed E-state index contributed by atoms with van der Waals surface area (Å²) in [4.78, 5) is 12.7. The first-order valence-corrected chi connectivity index (χ1v) is 21.0. The number of carbonyl (C=O) groups is 1. The van der Waals surface area contributed by atoms with Crippen LogP contribution in [0.15, 0.2) is 72.9 Å². The molecule has 1 rings (SSSR count). The van der Waals surface area contributed by atoms with E-state index in [1.165, 1.54) is 38.5 Å². The number of allylic oxidation sites excluding steroid dienone is 12. The average molecular weight is 761 g/mol. The third kappa shape index (κ3) is 27.2. The Morgan fingerprint density at radius 2 is 1.13 bits per heavy atom. The van der Waals surface area contributed by atoms with E-state index in [4.69, 9.17) is 18.9 Å². The molecule has 0 radical (unpaired) electrons. The van der Waals surface area contributed by atoms with Gasteiger partial charge in [0.25, 0.3) is 0 Å². The van der Waals surface area contributed by atoms with Gasteiger partial charge in [-0.15, -0.1) is 0 Å². The molecule has 6 unspecified atom stereocenters. The fourth-order valence-corrected chi connectivity index (χ4v) is 5.79. The van der Waals surface area contributed by atoms with E-state index in [2.05, 4.69) is 86.8 Å². The summed E-state index contributed by atoms with van der Waals surface area (Å²) in [6.07, 6.45) is 39.2. The Kier molecular flexibility index (Phi) is 33.4. The molecule has 1 heterocycles. The zero-order chi connectivity index (χ0) is 39.3. The Bertz CT molecular complexity index is 1050. The fourth-order valence-electron chi connectivity index (χ4n) is 5.79. The monoisotopic (exact) mass is 761 g/mol. The molecule has 0 amide bonds. The largest absolute Gasteiger partial charge is 0.457 e. The van der Waals surface area contributed by atoms with Crippen LogP contribution in [0.25, 0.3) is 0 Å². The zero-order valence-electron chi connectivity index (χ0n) is 33.7. The maximum absolute atomic E-state index is 12.7. The molecule has 1 saturated heterocycles. The Hall–Kier alpha value is -2.37. The lowest BCUT2D eigenvalue weighted by Crippen LogP contribution is -2.59. The Morgan fingerprint density at radius 1 is 0.611 bits per heavy atom. The first-order chi connectivity index (χ1) is 26.4. The van der Waals surface area contributed by atoms with Gasteiger partial charge in [-0.25, -0.2) is 0 Å². The smallest absolute Gasteiger partial charge is 0.306 e. The topological polar surface area (TPSA) is 135 Å². The summed E-state index contributed by atoms with van der Waals surface area (Å²) < 4.78 is 22.7. The summed E-state index contributed by atoms with van der Waals surface area (Å²) in [7, 11) is 0. The molecule has 0 aromatic carbocycles. The third-order valence-electron chi connectivity index (χ3n) is 9.11. The molecule has 6 atom stereocenters. The molecule has 0 aromatic rings. The molecule has 1 aliphatic rings. The summed E-state index contributed by atoms with van der Waals surface area (Å²) >= 11 is 0. The van der Waals surface area contributed by atoms with Crippen LogP contribution in [0.2, 0.25) is 0 Å². The minimum Gasteiger partial charge on any atom is -0.457 e. The average Bonchev–Trinajstić information content (AvgIpc) is 3.17. The second kappa shape index (κ2) is 36.3. The molecular weight excluding hydrogens is 684 g/mol. The van der Waals surface area contributed by atoms with Crippen LogP contribution in [0.4, 0.5) is 0 Å². The molecule has 0 spiro atoms. The van der Waals surface area contributed by atoms with E-state index in [1.54, 1.807) is 0 Å². The van der Waals surface area contributed by atoms with Gasteiger partial charge in [-0.2, -0.15) is 0 Å². The summed E-state index contributed by atoms with van der Waals surface area (Å²) in [6, 6.07) is 0.